The summed E-state index contributed by atoms with van der Waals surface area (Å²) in [5.74, 6) is 0. The van der Waals surface area contributed by atoms with Crippen LogP contribution in [0.3, 0.4) is 0 Å². The number of rotatable bonds is 4. The van der Waals surface area contributed by atoms with Gasteiger partial charge < -0.3 is 5.32 Å². The first-order valence-electron chi connectivity index (χ1n) is 6.95. The molecule has 0 radical (unpaired) electrons. The Morgan fingerprint density at radius 1 is 1.44 bits per heavy atom. The molecule has 1 aromatic heterocycles. The largest absolute Gasteiger partial charge is 0.311 e. The summed E-state index contributed by atoms with van der Waals surface area (Å²) in [5, 5.41) is 3.56. The molecule has 1 saturated heterocycles. The molecular weight excluding hydrogens is 222 g/mol. The summed E-state index contributed by atoms with van der Waals surface area (Å²) in [6.45, 7) is 10.0. The van der Waals surface area contributed by atoms with Crippen molar-refractivity contribution in [3.05, 3.63) is 30.1 Å². The minimum absolute atomic E-state index is 0.212. The maximum atomic E-state index is 4.24. The molecule has 0 saturated carbocycles. The Kier molecular flexibility index (Phi) is 4.36. The summed E-state index contributed by atoms with van der Waals surface area (Å²) in [6, 6.07) is 4.81. The lowest BCUT2D eigenvalue weighted by atomic mass is 10.1. The third-order valence-corrected chi connectivity index (χ3v) is 3.49. The van der Waals surface area contributed by atoms with Crippen LogP contribution in [0.15, 0.2) is 24.5 Å². The minimum atomic E-state index is 0.212. The van der Waals surface area contributed by atoms with E-state index in [1.165, 1.54) is 24.9 Å². The van der Waals surface area contributed by atoms with E-state index in [4.69, 9.17) is 0 Å². The minimum Gasteiger partial charge on any atom is -0.311 e. The molecule has 2 rings (SSSR count). The topological polar surface area (TPSA) is 28.2 Å². The van der Waals surface area contributed by atoms with Crippen LogP contribution in [0.5, 0.6) is 0 Å². The Bertz CT molecular complexity index is 356. The van der Waals surface area contributed by atoms with Gasteiger partial charge in [0, 0.05) is 37.1 Å². The fourth-order valence-electron chi connectivity index (χ4n) is 2.62. The van der Waals surface area contributed by atoms with Gasteiger partial charge in [0.15, 0.2) is 0 Å². The van der Waals surface area contributed by atoms with Crippen molar-refractivity contribution in [2.75, 3.05) is 19.6 Å². The zero-order valence-corrected chi connectivity index (χ0v) is 11.8. The average Bonchev–Trinajstić information content (AvgIpc) is 2.77. The van der Waals surface area contributed by atoms with Crippen molar-refractivity contribution in [3.8, 4) is 0 Å². The maximum absolute atomic E-state index is 4.24. The molecule has 1 fully saturated rings. The number of pyridine rings is 1. The quantitative estimate of drug-likeness (QED) is 0.886. The zero-order chi connectivity index (χ0) is 13.0. The van der Waals surface area contributed by atoms with Gasteiger partial charge in [-0.15, -0.1) is 0 Å². The van der Waals surface area contributed by atoms with Crippen LogP contribution >= 0.6 is 0 Å². The summed E-state index contributed by atoms with van der Waals surface area (Å²) >= 11 is 0. The second-order valence-corrected chi connectivity index (χ2v) is 6.16. The zero-order valence-electron chi connectivity index (χ0n) is 11.8. The van der Waals surface area contributed by atoms with E-state index in [-0.39, 0.29) is 5.54 Å². The van der Waals surface area contributed by atoms with Gasteiger partial charge in [0.05, 0.1) is 0 Å². The summed E-state index contributed by atoms with van der Waals surface area (Å²) < 4.78 is 0. The van der Waals surface area contributed by atoms with Gasteiger partial charge in [-0.25, -0.2) is 0 Å². The molecule has 0 spiro atoms. The van der Waals surface area contributed by atoms with E-state index in [9.17, 15) is 0 Å². The van der Waals surface area contributed by atoms with Crippen LogP contribution in [0.1, 0.15) is 45.2 Å². The van der Waals surface area contributed by atoms with Crippen molar-refractivity contribution >= 4 is 0 Å². The van der Waals surface area contributed by atoms with Gasteiger partial charge >= 0.3 is 0 Å². The first kappa shape index (κ1) is 13.5. The number of hydrogen-bond donors (Lipinski definition) is 1. The lowest BCUT2D eigenvalue weighted by molar-refractivity contribution is 0.246. The number of aromatic nitrogens is 1. The number of hydrogen-bond acceptors (Lipinski definition) is 3. The van der Waals surface area contributed by atoms with E-state index in [0.29, 0.717) is 6.04 Å². The molecule has 0 aromatic carbocycles. The number of likely N-dealkylation sites (tertiary alicyclic amines) is 1. The van der Waals surface area contributed by atoms with E-state index in [1.807, 2.05) is 18.5 Å². The second kappa shape index (κ2) is 5.81. The molecule has 2 heterocycles. The van der Waals surface area contributed by atoms with Gasteiger partial charge in [0.25, 0.3) is 0 Å². The van der Waals surface area contributed by atoms with Crippen molar-refractivity contribution in [2.45, 2.75) is 45.2 Å². The van der Waals surface area contributed by atoms with E-state index >= 15 is 0 Å². The summed E-state index contributed by atoms with van der Waals surface area (Å²) in [5.41, 5.74) is 1.58. The van der Waals surface area contributed by atoms with E-state index in [0.717, 1.165) is 13.1 Å². The summed E-state index contributed by atoms with van der Waals surface area (Å²) in [7, 11) is 0. The molecule has 1 aromatic rings. The third kappa shape index (κ3) is 3.79. The predicted octanol–water partition coefficient (Wildman–Crippen LogP) is 2.61. The fourth-order valence-corrected chi connectivity index (χ4v) is 2.62. The lowest BCUT2D eigenvalue weighted by Crippen LogP contribution is -2.41. The van der Waals surface area contributed by atoms with Gasteiger partial charge in [0.1, 0.15) is 0 Å². The van der Waals surface area contributed by atoms with Crippen LogP contribution in [0, 0.1) is 0 Å². The highest BCUT2D eigenvalue weighted by molar-refractivity contribution is 5.15. The van der Waals surface area contributed by atoms with Crippen LogP contribution in [0.2, 0.25) is 0 Å². The molecular formula is C15H25N3. The van der Waals surface area contributed by atoms with Gasteiger partial charge in [0.2, 0.25) is 0 Å². The Balaban J connectivity index is 1.88. The van der Waals surface area contributed by atoms with E-state index in [1.54, 1.807) is 0 Å². The second-order valence-electron chi connectivity index (χ2n) is 6.16. The third-order valence-electron chi connectivity index (χ3n) is 3.49. The molecule has 1 atom stereocenters. The Morgan fingerprint density at radius 3 is 2.94 bits per heavy atom. The van der Waals surface area contributed by atoms with Crippen molar-refractivity contribution < 1.29 is 0 Å². The molecule has 1 aliphatic heterocycles. The number of nitrogens with one attached hydrogen (secondary N) is 1. The Morgan fingerprint density at radius 2 is 2.28 bits per heavy atom. The number of nitrogens with zero attached hydrogens (tertiary/aromatic N) is 2. The normalized spacial score (nSPS) is 21.4. The van der Waals surface area contributed by atoms with Crippen LogP contribution < -0.4 is 5.32 Å². The van der Waals surface area contributed by atoms with Crippen molar-refractivity contribution in [2.24, 2.45) is 0 Å². The Labute approximate surface area is 111 Å². The molecule has 1 unspecified atom stereocenters. The van der Waals surface area contributed by atoms with Crippen LogP contribution in [0.4, 0.5) is 0 Å². The highest BCUT2D eigenvalue weighted by Gasteiger charge is 2.25. The lowest BCUT2D eigenvalue weighted by Gasteiger charge is -2.27. The van der Waals surface area contributed by atoms with Gasteiger partial charge in [-0.3, -0.25) is 9.88 Å². The molecule has 1 N–H and O–H groups in total. The maximum Gasteiger partial charge on any atom is 0.0364 e. The van der Waals surface area contributed by atoms with E-state index in [2.05, 4.69) is 42.0 Å². The molecule has 100 valence electrons. The van der Waals surface area contributed by atoms with Crippen LogP contribution in [-0.2, 0) is 0 Å². The summed E-state index contributed by atoms with van der Waals surface area (Å²) in [6.07, 6.45) is 6.43. The highest BCUT2D eigenvalue weighted by atomic mass is 15.2. The van der Waals surface area contributed by atoms with Crippen LogP contribution in [-0.4, -0.2) is 35.1 Å². The van der Waals surface area contributed by atoms with Gasteiger partial charge in [-0.1, -0.05) is 6.07 Å². The standard InChI is InChI=1S/C15H25N3/c1-15(2,3)17-9-11-18-10-5-7-14(18)13-6-4-8-16-12-13/h4,6,8,12,14,17H,5,7,9-11H2,1-3H3. The van der Waals surface area contributed by atoms with Gasteiger partial charge in [-0.05, 0) is 51.8 Å². The SMILES string of the molecule is CC(C)(C)NCCN1CCCC1c1cccnc1. The molecule has 0 amide bonds. The van der Waals surface area contributed by atoms with Crippen LogP contribution in [0.25, 0.3) is 0 Å². The molecule has 18 heavy (non-hydrogen) atoms. The van der Waals surface area contributed by atoms with Gasteiger partial charge in [-0.2, -0.15) is 0 Å². The molecule has 0 aliphatic carbocycles. The Hall–Kier alpha value is -0.930. The summed E-state index contributed by atoms with van der Waals surface area (Å²) in [4.78, 5) is 6.82. The highest BCUT2D eigenvalue weighted by Crippen LogP contribution is 2.30. The fraction of sp³-hybridized carbons (Fsp3) is 0.667. The first-order valence-corrected chi connectivity index (χ1v) is 6.95. The smallest absolute Gasteiger partial charge is 0.0364 e. The first-order chi connectivity index (χ1) is 8.56. The van der Waals surface area contributed by atoms with E-state index < -0.39 is 0 Å². The molecule has 3 nitrogen and oxygen atoms in total. The van der Waals surface area contributed by atoms with Crippen molar-refractivity contribution in [1.29, 1.82) is 0 Å². The van der Waals surface area contributed by atoms with Crippen molar-refractivity contribution in [1.82, 2.24) is 15.2 Å². The molecule has 3 heteroatoms. The molecule has 1 aliphatic rings. The average molecular weight is 247 g/mol. The monoisotopic (exact) mass is 247 g/mol. The molecule has 0 bridgehead atoms. The van der Waals surface area contributed by atoms with Crippen molar-refractivity contribution in [3.63, 3.8) is 0 Å². The predicted molar refractivity (Wildman–Crippen MR) is 75.5 cm³/mol.